The summed E-state index contributed by atoms with van der Waals surface area (Å²) >= 11 is 0. The summed E-state index contributed by atoms with van der Waals surface area (Å²) in [5.41, 5.74) is 5.34. The number of aromatic nitrogens is 2. The zero-order chi connectivity index (χ0) is 18.4. The summed E-state index contributed by atoms with van der Waals surface area (Å²) in [4.78, 5) is 16.1. The third-order valence-electron chi connectivity index (χ3n) is 5.32. The van der Waals surface area contributed by atoms with E-state index in [1.54, 1.807) is 6.20 Å². The highest BCUT2D eigenvalue weighted by molar-refractivity contribution is 6.92. The van der Waals surface area contributed by atoms with Gasteiger partial charge in [-0.2, -0.15) is 4.98 Å². The smallest absolute Gasteiger partial charge is 0.351 e. The summed E-state index contributed by atoms with van der Waals surface area (Å²) < 4.78 is 6.61. The minimum absolute atomic E-state index is 0.0344. The summed E-state index contributed by atoms with van der Waals surface area (Å²) in [5.74, 6) is 0.189. The maximum atomic E-state index is 12.3. The van der Waals surface area contributed by atoms with Gasteiger partial charge in [-0.15, -0.1) is 0 Å². The van der Waals surface area contributed by atoms with E-state index in [9.17, 15) is 20.1 Å². The normalized spacial score (nSPS) is 28.3. The number of nitrogen functional groups attached to an aromatic ring is 1. The van der Waals surface area contributed by atoms with Crippen molar-refractivity contribution < 1.29 is 20.1 Å². The fourth-order valence-electron chi connectivity index (χ4n) is 2.66. The first-order valence-corrected chi connectivity index (χ1v) is 10.9. The summed E-state index contributed by atoms with van der Waals surface area (Å²) in [6.07, 6.45) is -3.09. The van der Waals surface area contributed by atoms with Gasteiger partial charge in [0, 0.05) is 6.20 Å². The number of ether oxygens (including phenoxy) is 1. The van der Waals surface area contributed by atoms with Gasteiger partial charge in [-0.1, -0.05) is 33.9 Å². The van der Waals surface area contributed by atoms with Crippen LogP contribution in [0, 0.1) is 0 Å². The van der Waals surface area contributed by atoms with Crippen molar-refractivity contribution in [2.45, 2.75) is 63.4 Å². The number of hydrogen-bond donors (Lipinski definition) is 4. The minimum Gasteiger partial charge on any atom is -0.394 e. The Morgan fingerprint density at radius 3 is 2.38 bits per heavy atom. The molecule has 2 heterocycles. The average molecular weight is 357 g/mol. The quantitative estimate of drug-likeness (QED) is 0.518. The second kappa shape index (κ2) is 6.23. The van der Waals surface area contributed by atoms with Crippen molar-refractivity contribution in [1.29, 1.82) is 0 Å². The Morgan fingerprint density at radius 2 is 1.92 bits per heavy atom. The van der Waals surface area contributed by atoms with Gasteiger partial charge < -0.3 is 25.8 Å². The van der Waals surface area contributed by atoms with Crippen LogP contribution in [0.1, 0.15) is 27.0 Å². The van der Waals surface area contributed by atoms with Crippen molar-refractivity contribution in [3.63, 3.8) is 0 Å². The van der Waals surface area contributed by atoms with Gasteiger partial charge in [-0.25, -0.2) is 4.79 Å². The van der Waals surface area contributed by atoms with E-state index in [0.29, 0.717) is 0 Å². The molecule has 1 aliphatic heterocycles. The molecule has 5 N–H and O–H groups in total. The van der Waals surface area contributed by atoms with Crippen LogP contribution in [0.2, 0.25) is 18.1 Å². The van der Waals surface area contributed by atoms with Gasteiger partial charge >= 0.3 is 5.69 Å². The molecule has 0 unspecified atom stereocenters. The zero-order valence-electron chi connectivity index (χ0n) is 14.7. The average Bonchev–Trinajstić information content (AvgIpc) is 2.73. The van der Waals surface area contributed by atoms with E-state index in [0.717, 1.165) is 9.75 Å². The van der Waals surface area contributed by atoms with Crippen molar-refractivity contribution in [1.82, 2.24) is 9.55 Å². The van der Waals surface area contributed by atoms with Crippen molar-refractivity contribution in [2.24, 2.45) is 0 Å². The van der Waals surface area contributed by atoms with E-state index in [1.165, 1.54) is 0 Å². The molecule has 0 radical (unpaired) electrons. The first kappa shape index (κ1) is 19.1. The Morgan fingerprint density at radius 1 is 1.33 bits per heavy atom. The maximum Gasteiger partial charge on any atom is 0.351 e. The molecule has 0 amide bonds. The van der Waals surface area contributed by atoms with Crippen molar-refractivity contribution in [3.8, 4) is 0 Å². The third kappa shape index (κ3) is 3.02. The third-order valence-corrected chi connectivity index (χ3v) is 10.8. The highest BCUT2D eigenvalue weighted by atomic mass is 28.3. The highest BCUT2D eigenvalue weighted by Crippen LogP contribution is 2.36. The number of hydrogen-bond acceptors (Lipinski definition) is 7. The Bertz CT molecular complexity index is 670. The molecule has 1 aromatic rings. The van der Waals surface area contributed by atoms with Gasteiger partial charge in [0.15, 0.2) is 6.23 Å². The van der Waals surface area contributed by atoms with Crippen LogP contribution in [0.5, 0.6) is 0 Å². The van der Waals surface area contributed by atoms with E-state index in [1.807, 2.05) is 0 Å². The summed E-state index contributed by atoms with van der Waals surface area (Å²) in [6, 6.07) is 0. The molecular weight excluding hydrogens is 330 g/mol. The van der Waals surface area contributed by atoms with Gasteiger partial charge in [0.05, 0.1) is 14.7 Å². The SMILES string of the molecule is CC(C)(C)[Si](C)(C)c1cn([C@@H]2O[C@H](CO)[C@@H](O)[C@H]2O)c(=O)nc1N. The Hall–Kier alpha value is -1.26. The van der Waals surface area contributed by atoms with Gasteiger partial charge in [0.25, 0.3) is 0 Å². The van der Waals surface area contributed by atoms with Crippen molar-refractivity contribution in [2.75, 3.05) is 12.3 Å². The number of nitrogens with zero attached hydrogens (tertiary/aromatic N) is 2. The molecular formula is C15H27N3O5Si. The van der Waals surface area contributed by atoms with Gasteiger partial charge in [-0.05, 0) is 10.2 Å². The second-order valence-electron chi connectivity index (χ2n) is 7.83. The molecule has 1 fully saturated rings. The molecule has 0 spiro atoms. The molecule has 24 heavy (non-hydrogen) atoms. The number of aliphatic hydroxyl groups is 3. The van der Waals surface area contributed by atoms with E-state index < -0.39 is 44.9 Å². The van der Waals surface area contributed by atoms with E-state index in [-0.39, 0.29) is 10.9 Å². The Balaban J connectivity index is 2.54. The molecule has 1 aliphatic rings. The monoisotopic (exact) mass is 357 g/mol. The second-order valence-corrected chi connectivity index (χ2v) is 13.1. The molecule has 0 aromatic carbocycles. The van der Waals surface area contributed by atoms with Gasteiger partial charge in [0.1, 0.15) is 24.1 Å². The van der Waals surface area contributed by atoms with E-state index in [2.05, 4.69) is 38.8 Å². The predicted octanol–water partition coefficient (Wildman–Crippen LogP) is -0.847. The lowest BCUT2D eigenvalue weighted by molar-refractivity contribution is -0.0548. The maximum absolute atomic E-state index is 12.3. The largest absolute Gasteiger partial charge is 0.394 e. The number of aliphatic hydroxyl groups excluding tert-OH is 3. The molecule has 9 heteroatoms. The minimum atomic E-state index is -2.09. The van der Waals surface area contributed by atoms with Crippen LogP contribution >= 0.6 is 0 Å². The molecule has 8 nitrogen and oxygen atoms in total. The standard InChI is InChI=1S/C15H27N3O5Si/c1-15(2,3)24(4,5)9-6-18(14(22)17-12(9)16)13-11(21)10(20)8(7-19)23-13/h6,8,10-11,13,19-21H,7H2,1-5H3,(H2,16,17,22)/t8-,10-,11-,13-/m1/s1. The van der Waals surface area contributed by atoms with Crippen LogP contribution in [0.3, 0.4) is 0 Å². The van der Waals surface area contributed by atoms with Gasteiger partial charge in [0.2, 0.25) is 0 Å². The fourth-order valence-corrected chi connectivity index (χ4v) is 4.63. The topological polar surface area (TPSA) is 131 Å². The van der Waals surface area contributed by atoms with E-state index in [4.69, 9.17) is 10.5 Å². The molecule has 0 saturated carbocycles. The molecule has 0 aliphatic carbocycles. The van der Waals surface area contributed by atoms with Crippen LogP contribution in [0.4, 0.5) is 5.82 Å². The number of anilines is 1. The first-order chi connectivity index (χ1) is 10.9. The van der Waals surface area contributed by atoms with Crippen molar-refractivity contribution >= 4 is 19.1 Å². The predicted molar refractivity (Wildman–Crippen MR) is 92.7 cm³/mol. The lowest BCUT2D eigenvalue weighted by Gasteiger charge is -2.38. The van der Waals surface area contributed by atoms with Crippen LogP contribution in [0.25, 0.3) is 0 Å². The van der Waals surface area contributed by atoms with E-state index >= 15 is 0 Å². The van der Waals surface area contributed by atoms with Crippen molar-refractivity contribution in [3.05, 3.63) is 16.7 Å². The van der Waals surface area contributed by atoms with Crippen LogP contribution < -0.4 is 16.6 Å². The molecule has 1 saturated heterocycles. The summed E-state index contributed by atoms with van der Waals surface area (Å²) in [6.45, 7) is 10.1. The first-order valence-electron chi connectivity index (χ1n) is 7.93. The highest BCUT2D eigenvalue weighted by Gasteiger charge is 2.45. The Labute approximate surface area is 141 Å². The van der Waals surface area contributed by atoms with Crippen LogP contribution in [-0.4, -0.2) is 57.9 Å². The van der Waals surface area contributed by atoms with Gasteiger partial charge in [-0.3, -0.25) is 4.57 Å². The Kier molecular flexibility index (Phi) is 4.95. The van der Waals surface area contributed by atoms with Crippen LogP contribution in [0.15, 0.2) is 11.0 Å². The summed E-state index contributed by atoms with van der Waals surface area (Å²) in [7, 11) is -2.09. The zero-order valence-corrected chi connectivity index (χ0v) is 15.7. The molecule has 0 bridgehead atoms. The molecule has 4 atom stereocenters. The lowest BCUT2D eigenvalue weighted by Crippen LogP contribution is -2.53. The van der Waals surface area contributed by atoms with Crippen LogP contribution in [-0.2, 0) is 4.74 Å². The summed E-state index contributed by atoms with van der Waals surface area (Å²) in [5, 5.41) is 30.0. The number of nitrogens with two attached hydrogens (primary N) is 1. The fraction of sp³-hybridized carbons (Fsp3) is 0.733. The molecule has 1 aromatic heterocycles. The molecule has 136 valence electrons. The number of rotatable bonds is 3. The lowest BCUT2D eigenvalue weighted by atomic mass is 10.1. The molecule has 2 rings (SSSR count).